The first-order chi connectivity index (χ1) is 11.6. The van der Waals surface area contributed by atoms with Crippen molar-refractivity contribution in [3.63, 3.8) is 0 Å². The zero-order chi connectivity index (χ0) is 17.4. The predicted octanol–water partition coefficient (Wildman–Crippen LogP) is 3.23. The highest BCUT2D eigenvalue weighted by molar-refractivity contribution is 6.30. The zero-order valence-corrected chi connectivity index (χ0v) is 15.6. The molecule has 24 heavy (non-hydrogen) atoms. The lowest BCUT2D eigenvalue weighted by molar-refractivity contribution is -0.134. The number of nitrogens with zero attached hydrogens (tertiary/aromatic N) is 2. The summed E-state index contributed by atoms with van der Waals surface area (Å²) < 4.78 is 5.18. The molecule has 0 aromatic heterocycles. The van der Waals surface area contributed by atoms with Crippen LogP contribution in [-0.4, -0.2) is 61.6 Å². The Kier molecular flexibility index (Phi) is 8.03. The van der Waals surface area contributed by atoms with Crippen LogP contribution in [0.5, 0.6) is 0 Å². The molecule has 2 rings (SSSR count). The highest BCUT2D eigenvalue weighted by atomic mass is 35.5. The van der Waals surface area contributed by atoms with E-state index >= 15 is 0 Å². The Labute approximate surface area is 150 Å². The van der Waals surface area contributed by atoms with Crippen LogP contribution >= 0.6 is 11.6 Å². The van der Waals surface area contributed by atoms with E-state index in [0.29, 0.717) is 12.5 Å². The van der Waals surface area contributed by atoms with Crippen molar-refractivity contribution in [3.8, 4) is 0 Å². The molecule has 0 radical (unpaired) electrons. The molecule has 1 aromatic rings. The maximum atomic E-state index is 12.5. The van der Waals surface area contributed by atoms with Gasteiger partial charge in [0.15, 0.2) is 0 Å². The molecule has 0 spiro atoms. The molecule has 1 heterocycles. The van der Waals surface area contributed by atoms with Crippen LogP contribution in [0.25, 0.3) is 0 Å². The van der Waals surface area contributed by atoms with Crippen molar-refractivity contribution in [3.05, 3.63) is 34.9 Å². The van der Waals surface area contributed by atoms with E-state index in [1.54, 1.807) is 7.11 Å². The van der Waals surface area contributed by atoms with Gasteiger partial charge in [0.25, 0.3) is 0 Å². The summed E-state index contributed by atoms with van der Waals surface area (Å²) in [5.41, 5.74) is 1.24. The summed E-state index contributed by atoms with van der Waals surface area (Å²) in [5.74, 6) is 0.286. The SMILES string of the molecule is CCC1CN(C(=O)CCCc2ccc(Cl)cc2)CCN1CCOC. The lowest BCUT2D eigenvalue weighted by Gasteiger charge is -2.41. The van der Waals surface area contributed by atoms with E-state index in [-0.39, 0.29) is 5.91 Å². The molecular formula is C19H29ClN2O2. The highest BCUT2D eigenvalue weighted by Crippen LogP contribution is 2.15. The summed E-state index contributed by atoms with van der Waals surface area (Å²) in [6.45, 7) is 6.53. The number of aryl methyl sites for hydroxylation is 1. The molecule has 5 heteroatoms. The second-order valence-electron chi connectivity index (χ2n) is 6.41. The van der Waals surface area contributed by atoms with E-state index in [2.05, 4.69) is 11.8 Å². The first kappa shape index (κ1) is 19.2. The number of hydrogen-bond donors (Lipinski definition) is 0. The molecule has 0 bridgehead atoms. The first-order valence-corrected chi connectivity index (χ1v) is 9.27. The van der Waals surface area contributed by atoms with E-state index in [0.717, 1.165) is 57.1 Å². The van der Waals surface area contributed by atoms with Crippen LogP contribution in [0.1, 0.15) is 31.7 Å². The molecule has 0 saturated carbocycles. The zero-order valence-electron chi connectivity index (χ0n) is 14.8. The van der Waals surface area contributed by atoms with Crippen molar-refractivity contribution in [2.75, 3.05) is 39.9 Å². The van der Waals surface area contributed by atoms with Crippen LogP contribution in [-0.2, 0) is 16.0 Å². The number of rotatable bonds is 8. The smallest absolute Gasteiger partial charge is 0.222 e. The number of ether oxygens (including phenoxy) is 1. The normalized spacial score (nSPS) is 18.8. The standard InChI is InChI=1S/C19H29ClN2O2/c1-3-18-15-22(12-11-21(18)13-14-24-2)19(23)6-4-5-16-7-9-17(20)10-8-16/h7-10,18H,3-6,11-15H2,1-2H3. The predicted molar refractivity (Wildman–Crippen MR) is 98.5 cm³/mol. The summed E-state index contributed by atoms with van der Waals surface area (Å²) >= 11 is 5.90. The van der Waals surface area contributed by atoms with E-state index in [1.165, 1.54) is 5.56 Å². The lowest BCUT2D eigenvalue weighted by Crippen LogP contribution is -2.55. The Hall–Kier alpha value is -1.10. The number of benzene rings is 1. The number of halogens is 1. The average molecular weight is 353 g/mol. The van der Waals surface area contributed by atoms with Crippen LogP contribution in [0.4, 0.5) is 0 Å². The van der Waals surface area contributed by atoms with Gasteiger partial charge in [0.05, 0.1) is 6.61 Å². The summed E-state index contributed by atoms with van der Waals surface area (Å²) in [6.07, 6.45) is 3.50. The molecule has 1 atom stereocenters. The third-order valence-electron chi connectivity index (χ3n) is 4.78. The Bertz CT molecular complexity index is 507. The van der Waals surface area contributed by atoms with Gasteiger partial charge in [-0.05, 0) is 37.0 Å². The molecule has 0 N–H and O–H groups in total. The maximum Gasteiger partial charge on any atom is 0.222 e. The van der Waals surface area contributed by atoms with Gasteiger partial charge in [-0.2, -0.15) is 0 Å². The van der Waals surface area contributed by atoms with Gasteiger partial charge in [0.2, 0.25) is 5.91 Å². The molecule has 1 aliphatic heterocycles. The molecule has 0 aliphatic carbocycles. The van der Waals surface area contributed by atoms with Crippen molar-refractivity contribution in [2.45, 2.75) is 38.6 Å². The highest BCUT2D eigenvalue weighted by Gasteiger charge is 2.27. The summed E-state index contributed by atoms with van der Waals surface area (Å²) in [4.78, 5) is 17.0. The molecule has 1 unspecified atom stereocenters. The largest absolute Gasteiger partial charge is 0.383 e. The average Bonchev–Trinajstić information content (AvgIpc) is 2.61. The van der Waals surface area contributed by atoms with Crippen LogP contribution in [0, 0.1) is 0 Å². The second-order valence-corrected chi connectivity index (χ2v) is 6.85. The number of carbonyl (C=O) groups is 1. The van der Waals surface area contributed by atoms with Crippen molar-refractivity contribution in [2.24, 2.45) is 0 Å². The van der Waals surface area contributed by atoms with Gasteiger partial charge < -0.3 is 9.64 Å². The van der Waals surface area contributed by atoms with Crippen LogP contribution in [0.3, 0.4) is 0 Å². The molecule has 1 saturated heterocycles. The Morgan fingerprint density at radius 1 is 1.29 bits per heavy atom. The molecular weight excluding hydrogens is 324 g/mol. The Balaban J connectivity index is 1.75. The monoisotopic (exact) mass is 352 g/mol. The van der Waals surface area contributed by atoms with Crippen molar-refractivity contribution >= 4 is 17.5 Å². The van der Waals surface area contributed by atoms with Gasteiger partial charge in [-0.3, -0.25) is 9.69 Å². The maximum absolute atomic E-state index is 12.5. The molecule has 1 amide bonds. The molecule has 1 aromatic carbocycles. The third-order valence-corrected chi connectivity index (χ3v) is 5.03. The minimum Gasteiger partial charge on any atom is -0.383 e. The quantitative estimate of drug-likeness (QED) is 0.720. The fourth-order valence-electron chi connectivity index (χ4n) is 3.26. The summed E-state index contributed by atoms with van der Waals surface area (Å²) in [7, 11) is 1.74. The fraction of sp³-hybridized carbons (Fsp3) is 0.632. The van der Waals surface area contributed by atoms with Gasteiger partial charge in [-0.25, -0.2) is 0 Å². The Morgan fingerprint density at radius 3 is 2.71 bits per heavy atom. The molecule has 1 aliphatic rings. The van der Waals surface area contributed by atoms with Crippen LogP contribution < -0.4 is 0 Å². The second kappa shape index (κ2) is 10.0. The van der Waals surface area contributed by atoms with Gasteiger partial charge in [-0.1, -0.05) is 30.7 Å². The van der Waals surface area contributed by atoms with Gasteiger partial charge >= 0.3 is 0 Å². The summed E-state index contributed by atoms with van der Waals surface area (Å²) in [5, 5.41) is 0.756. The van der Waals surface area contributed by atoms with E-state index < -0.39 is 0 Å². The van der Waals surface area contributed by atoms with Crippen molar-refractivity contribution in [1.29, 1.82) is 0 Å². The van der Waals surface area contributed by atoms with Gasteiger partial charge in [-0.15, -0.1) is 0 Å². The van der Waals surface area contributed by atoms with Gasteiger partial charge in [0, 0.05) is 50.8 Å². The van der Waals surface area contributed by atoms with Crippen LogP contribution in [0.2, 0.25) is 5.02 Å². The summed E-state index contributed by atoms with van der Waals surface area (Å²) in [6, 6.07) is 8.34. The first-order valence-electron chi connectivity index (χ1n) is 8.89. The molecule has 134 valence electrons. The van der Waals surface area contributed by atoms with E-state index in [1.807, 2.05) is 29.2 Å². The van der Waals surface area contributed by atoms with E-state index in [9.17, 15) is 4.79 Å². The van der Waals surface area contributed by atoms with Crippen LogP contribution in [0.15, 0.2) is 24.3 Å². The topological polar surface area (TPSA) is 32.8 Å². The number of hydrogen-bond acceptors (Lipinski definition) is 3. The fourth-order valence-corrected chi connectivity index (χ4v) is 3.39. The van der Waals surface area contributed by atoms with Crippen molar-refractivity contribution < 1.29 is 9.53 Å². The molecule has 4 nitrogen and oxygen atoms in total. The number of piperazine rings is 1. The third kappa shape index (κ3) is 5.76. The number of carbonyl (C=O) groups excluding carboxylic acids is 1. The van der Waals surface area contributed by atoms with E-state index in [4.69, 9.17) is 16.3 Å². The minimum absolute atomic E-state index is 0.286. The lowest BCUT2D eigenvalue weighted by atomic mass is 10.1. The number of amides is 1. The molecule has 1 fully saturated rings. The number of methoxy groups -OCH3 is 1. The Morgan fingerprint density at radius 2 is 2.04 bits per heavy atom. The minimum atomic E-state index is 0.286. The van der Waals surface area contributed by atoms with Crippen molar-refractivity contribution in [1.82, 2.24) is 9.80 Å². The van der Waals surface area contributed by atoms with Gasteiger partial charge in [0.1, 0.15) is 0 Å².